The SMILES string of the molecule is Nc1cccnc1C(=O)NCCCN1CCOCC1. The molecule has 1 amide bonds. The van der Waals surface area contributed by atoms with Crippen molar-refractivity contribution >= 4 is 11.6 Å². The van der Waals surface area contributed by atoms with Crippen molar-refractivity contribution in [3.8, 4) is 0 Å². The first-order valence-corrected chi connectivity index (χ1v) is 6.56. The second-order valence-electron chi connectivity index (χ2n) is 4.50. The number of nitrogens with zero attached hydrogens (tertiary/aromatic N) is 2. The maximum absolute atomic E-state index is 11.8. The monoisotopic (exact) mass is 264 g/mol. The van der Waals surface area contributed by atoms with Gasteiger partial charge in [0.1, 0.15) is 0 Å². The third-order valence-corrected chi connectivity index (χ3v) is 3.09. The smallest absolute Gasteiger partial charge is 0.272 e. The molecule has 2 rings (SSSR count). The van der Waals surface area contributed by atoms with Crippen LogP contribution in [0.1, 0.15) is 16.9 Å². The van der Waals surface area contributed by atoms with Gasteiger partial charge in [0.25, 0.3) is 5.91 Å². The Kier molecular flexibility index (Phi) is 5.11. The molecule has 2 heterocycles. The molecular formula is C13H20N4O2. The molecule has 0 aliphatic carbocycles. The lowest BCUT2D eigenvalue weighted by Gasteiger charge is -2.26. The molecule has 19 heavy (non-hydrogen) atoms. The molecule has 1 saturated heterocycles. The number of nitrogens with two attached hydrogens (primary N) is 1. The number of ether oxygens (including phenoxy) is 1. The number of pyridine rings is 1. The zero-order chi connectivity index (χ0) is 13.5. The van der Waals surface area contributed by atoms with E-state index in [4.69, 9.17) is 10.5 Å². The van der Waals surface area contributed by atoms with Gasteiger partial charge in [-0.05, 0) is 25.1 Å². The van der Waals surface area contributed by atoms with E-state index in [0.717, 1.165) is 39.3 Å². The second-order valence-corrected chi connectivity index (χ2v) is 4.50. The van der Waals surface area contributed by atoms with Crippen LogP contribution in [0.5, 0.6) is 0 Å². The van der Waals surface area contributed by atoms with Gasteiger partial charge in [0.05, 0.1) is 18.9 Å². The van der Waals surface area contributed by atoms with Crippen LogP contribution in [0.15, 0.2) is 18.3 Å². The standard InChI is InChI=1S/C13H20N4O2/c14-11-3-1-4-15-12(11)13(18)16-5-2-6-17-7-9-19-10-8-17/h1,3-4H,2,5-10,14H2,(H,16,18). The van der Waals surface area contributed by atoms with Crippen LogP contribution in [0.25, 0.3) is 0 Å². The lowest BCUT2D eigenvalue weighted by atomic mass is 10.3. The minimum atomic E-state index is -0.208. The van der Waals surface area contributed by atoms with Crippen molar-refractivity contribution in [3.05, 3.63) is 24.0 Å². The minimum Gasteiger partial charge on any atom is -0.397 e. The summed E-state index contributed by atoms with van der Waals surface area (Å²) in [4.78, 5) is 18.2. The van der Waals surface area contributed by atoms with Crippen molar-refractivity contribution in [2.24, 2.45) is 0 Å². The van der Waals surface area contributed by atoms with E-state index in [1.165, 1.54) is 0 Å². The second kappa shape index (κ2) is 7.06. The van der Waals surface area contributed by atoms with Gasteiger partial charge in [0, 0.05) is 25.8 Å². The van der Waals surface area contributed by atoms with Crippen molar-refractivity contribution in [2.75, 3.05) is 45.1 Å². The van der Waals surface area contributed by atoms with Gasteiger partial charge in [-0.25, -0.2) is 4.98 Å². The molecule has 104 valence electrons. The van der Waals surface area contributed by atoms with Gasteiger partial charge < -0.3 is 15.8 Å². The van der Waals surface area contributed by atoms with Crippen LogP contribution in [0.2, 0.25) is 0 Å². The quantitative estimate of drug-likeness (QED) is 0.738. The Morgan fingerprint density at radius 3 is 3.00 bits per heavy atom. The summed E-state index contributed by atoms with van der Waals surface area (Å²) in [5.74, 6) is -0.208. The molecule has 1 aromatic rings. The number of carbonyl (C=O) groups excluding carboxylic acids is 1. The highest BCUT2D eigenvalue weighted by atomic mass is 16.5. The molecule has 6 heteroatoms. The topological polar surface area (TPSA) is 80.5 Å². The van der Waals surface area contributed by atoms with Gasteiger partial charge in [-0.3, -0.25) is 9.69 Å². The van der Waals surface area contributed by atoms with Crippen molar-refractivity contribution in [1.82, 2.24) is 15.2 Å². The molecule has 0 unspecified atom stereocenters. The average molecular weight is 264 g/mol. The number of amides is 1. The van der Waals surface area contributed by atoms with E-state index in [-0.39, 0.29) is 5.91 Å². The normalized spacial score (nSPS) is 16.2. The Bertz CT molecular complexity index is 419. The van der Waals surface area contributed by atoms with Crippen LogP contribution < -0.4 is 11.1 Å². The molecule has 1 aromatic heterocycles. The lowest BCUT2D eigenvalue weighted by Crippen LogP contribution is -2.38. The van der Waals surface area contributed by atoms with E-state index < -0.39 is 0 Å². The van der Waals surface area contributed by atoms with E-state index in [2.05, 4.69) is 15.2 Å². The molecule has 0 atom stereocenters. The van der Waals surface area contributed by atoms with Crippen LogP contribution in [0, 0.1) is 0 Å². The van der Waals surface area contributed by atoms with E-state index in [0.29, 0.717) is 17.9 Å². The van der Waals surface area contributed by atoms with E-state index >= 15 is 0 Å². The van der Waals surface area contributed by atoms with E-state index in [1.807, 2.05) is 0 Å². The zero-order valence-electron chi connectivity index (χ0n) is 11.0. The zero-order valence-corrected chi connectivity index (χ0v) is 11.0. The number of morpholine rings is 1. The first-order chi connectivity index (χ1) is 9.27. The lowest BCUT2D eigenvalue weighted by molar-refractivity contribution is 0.0374. The molecule has 0 aromatic carbocycles. The first kappa shape index (κ1) is 13.8. The summed E-state index contributed by atoms with van der Waals surface area (Å²) in [7, 11) is 0. The van der Waals surface area contributed by atoms with Crippen LogP contribution >= 0.6 is 0 Å². The van der Waals surface area contributed by atoms with Gasteiger partial charge >= 0.3 is 0 Å². The summed E-state index contributed by atoms with van der Waals surface area (Å²) >= 11 is 0. The van der Waals surface area contributed by atoms with Crippen LogP contribution in [-0.4, -0.2) is 55.2 Å². The predicted molar refractivity (Wildman–Crippen MR) is 72.9 cm³/mol. The largest absolute Gasteiger partial charge is 0.397 e. The number of hydrogen-bond donors (Lipinski definition) is 2. The van der Waals surface area contributed by atoms with Gasteiger partial charge in [0.2, 0.25) is 0 Å². The maximum Gasteiger partial charge on any atom is 0.272 e. The van der Waals surface area contributed by atoms with E-state index in [9.17, 15) is 4.79 Å². The van der Waals surface area contributed by atoms with Crippen LogP contribution in [-0.2, 0) is 4.74 Å². The van der Waals surface area contributed by atoms with E-state index in [1.54, 1.807) is 18.3 Å². The van der Waals surface area contributed by atoms with Gasteiger partial charge in [-0.1, -0.05) is 0 Å². The Morgan fingerprint density at radius 1 is 1.47 bits per heavy atom. The van der Waals surface area contributed by atoms with Crippen molar-refractivity contribution < 1.29 is 9.53 Å². The third kappa shape index (κ3) is 4.18. The number of anilines is 1. The molecule has 3 N–H and O–H groups in total. The molecule has 1 aliphatic heterocycles. The number of carbonyl (C=O) groups is 1. The Balaban J connectivity index is 1.68. The molecule has 0 radical (unpaired) electrons. The van der Waals surface area contributed by atoms with Crippen LogP contribution in [0.4, 0.5) is 5.69 Å². The molecule has 0 spiro atoms. The number of hydrogen-bond acceptors (Lipinski definition) is 5. The molecule has 1 fully saturated rings. The fourth-order valence-electron chi connectivity index (χ4n) is 2.02. The first-order valence-electron chi connectivity index (χ1n) is 6.56. The average Bonchev–Trinajstić information content (AvgIpc) is 2.45. The van der Waals surface area contributed by atoms with Gasteiger partial charge in [-0.15, -0.1) is 0 Å². The van der Waals surface area contributed by atoms with Crippen molar-refractivity contribution in [2.45, 2.75) is 6.42 Å². The molecule has 6 nitrogen and oxygen atoms in total. The van der Waals surface area contributed by atoms with Gasteiger partial charge in [-0.2, -0.15) is 0 Å². The summed E-state index contributed by atoms with van der Waals surface area (Å²) in [5.41, 5.74) is 6.41. The summed E-state index contributed by atoms with van der Waals surface area (Å²) in [5, 5.41) is 2.84. The summed E-state index contributed by atoms with van der Waals surface area (Å²) in [6, 6.07) is 3.39. The van der Waals surface area contributed by atoms with Crippen LogP contribution in [0.3, 0.4) is 0 Å². The number of rotatable bonds is 5. The fraction of sp³-hybridized carbons (Fsp3) is 0.538. The number of nitrogens with one attached hydrogen (secondary N) is 1. The molecule has 1 aliphatic rings. The van der Waals surface area contributed by atoms with Crippen molar-refractivity contribution in [1.29, 1.82) is 0 Å². The maximum atomic E-state index is 11.8. The van der Waals surface area contributed by atoms with Crippen molar-refractivity contribution in [3.63, 3.8) is 0 Å². The Labute approximate surface area is 112 Å². The number of aromatic nitrogens is 1. The summed E-state index contributed by atoms with van der Waals surface area (Å²) in [6.07, 6.45) is 2.48. The summed E-state index contributed by atoms with van der Waals surface area (Å²) < 4.78 is 5.28. The molecular weight excluding hydrogens is 244 g/mol. The highest BCUT2D eigenvalue weighted by Crippen LogP contribution is 2.06. The highest BCUT2D eigenvalue weighted by Gasteiger charge is 2.11. The molecule has 0 bridgehead atoms. The third-order valence-electron chi connectivity index (χ3n) is 3.09. The fourth-order valence-corrected chi connectivity index (χ4v) is 2.02. The Hall–Kier alpha value is -1.66. The highest BCUT2D eigenvalue weighted by molar-refractivity contribution is 5.96. The summed E-state index contributed by atoms with van der Waals surface area (Å²) in [6.45, 7) is 5.16. The minimum absolute atomic E-state index is 0.208. The van der Waals surface area contributed by atoms with Gasteiger partial charge in [0.15, 0.2) is 5.69 Å². The predicted octanol–water partition coefficient (Wildman–Crippen LogP) is 0.116. The molecule has 0 saturated carbocycles. The Morgan fingerprint density at radius 2 is 2.26 bits per heavy atom. The number of nitrogen functional groups attached to an aromatic ring is 1.